The third kappa shape index (κ3) is 3.37. The van der Waals surface area contributed by atoms with Crippen molar-refractivity contribution in [2.45, 2.75) is 13.5 Å². The molecule has 0 saturated heterocycles. The van der Waals surface area contributed by atoms with E-state index in [1.54, 1.807) is 12.1 Å². The Morgan fingerprint density at radius 2 is 1.83 bits per heavy atom. The Morgan fingerprint density at radius 1 is 1.04 bits per heavy atom. The molecule has 4 heteroatoms. The maximum absolute atomic E-state index is 9.10. The highest BCUT2D eigenvalue weighted by Gasteiger charge is 2.13. The van der Waals surface area contributed by atoms with Gasteiger partial charge in [0.1, 0.15) is 6.61 Å². The number of hydrogen-bond acceptors (Lipinski definition) is 3. The van der Waals surface area contributed by atoms with Crippen molar-refractivity contribution in [3.05, 3.63) is 70.2 Å². The van der Waals surface area contributed by atoms with E-state index < -0.39 is 0 Å². The zero-order valence-corrected chi connectivity index (χ0v) is 14.8. The molecule has 0 N–H and O–H groups in total. The van der Waals surface area contributed by atoms with Gasteiger partial charge in [0.2, 0.25) is 0 Å². The lowest BCUT2D eigenvalue weighted by Crippen LogP contribution is -2.01. The van der Waals surface area contributed by atoms with E-state index in [0.29, 0.717) is 34.7 Å². The van der Waals surface area contributed by atoms with Crippen LogP contribution in [0.25, 0.3) is 10.8 Å². The highest BCUT2D eigenvalue weighted by atomic mass is 79.9. The van der Waals surface area contributed by atoms with Gasteiger partial charge in [0.15, 0.2) is 11.5 Å². The molecule has 0 radical (unpaired) electrons. The van der Waals surface area contributed by atoms with Crippen LogP contribution in [0, 0.1) is 11.3 Å². The third-order valence-corrected chi connectivity index (χ3v) is 4.28. The summed E-state index contributed by atoms with van der Waals surface area (Å²) in [5.41, 5.74) is 1.63. The van der Waals surface area contributed by atoms with Gasteiger partial charge in [0, 0.05) is 6.07 Å². The van der Waals surface area contributed by atoms with Gasteiger partial charge >= 0.3 is 0 Å². The Hall–Kier alpha value is -2.51. The van der Waals surface area contributed by atoms with Crippen LogP contribution in [-0.2, 0) is 6.61 Å². The topological polar surface area (TPSA) is 42.2 Å². The molecule has 3 aromatic carbocycles. The molecule has 120 valence electrons. The fourth-order valence-corrected chi connectivity index (χ4v) is 3.16. The largest absolute Gasteiger partial charge is 0.490 e. The van der Waals surface area contributed by atoms with Gasteiger partial charge in [-0.25, -0.2) is 0 Å². The molecule has 3 nitrogen and oxygen atoms in total. The first-order valence-electron chi connectivity index (χ1n) is 7.68. The number of hydrogen-bond donors (Lipinski definition) is 0. The number of ether oxygens (including phenoxy) is 2. The van der Waals surface area contributed by atoms with Gasteiger partial charge in [-0.1, -0.05) is 42.5 Å². The van der Waals surface area contributed by atoms with Crippen LogP contribution in [0.15, 0.2) is 59.1 Å². The quantitative estimate of drug-likeness (QED) is 0.589. The summed E-state index contributed by atoms with van der Waals surface area (Å²) in [5, 5.41) is 11.5. The smallest absolute Gasteiger partial charge is 0.175 e. The van der Waals surface area contributed by atoms with Gasteiger partial charge < -0.3 is 9.47 Å². The van der Waals surface area contributed by atoms with E-state index in [1.165, 1.54) is 10.8 Å². The molecular weight excluding hydrogens is 366 g/mol. The molecular formula is C20H16BrNO2. The Morgan fingerprint density at radius 3 is 2.62 bits per heavy atom. The van der Waals surface area contributed by atoms with E-state index in [4.69, 9.17) is 14.7 Å². The molecule has 0 amide bonds. The molecule has 0 unspecified atom stereocenters. The summed E-state index contributed by atoms with van der Waals surface area (Å²) < 4.78 is 12.4. The molecule has 0 fully saturated rings. The van der Waals surface area contributed by atoms with Crippen LogP contribution in [0.5, 0.6) is 11.5 Å². The van der Waals surface area contributed by atoms with Gasteiger partial charge in [-0.15, -0.1) is 0 Å². The van der Waals surface area contributed by atoms with E-state index in [9.17, 15) is 0 Å². The Labute approximate surface area is 149 Å². The van der Waals surface area contributed by atoms with E-state index in [2.05, 4.69) is 46.3 Å². The number of fused-ring (bicyclic) bond motifs is 1. The van der Waals surface area contributed by atoms with Crippen molar-refractivity contribution in [3.63, 3.8) is 0 Å². The highest BCUT2D eigenvalue weighted by molar-refractivity contribution is 9.10. The van der Waals surface area contributed by atoms with E-state index in [-0.39, 0.29) is 0 Å². The molecule has 3 rings (SSSR count). The minimum atomic E-state index is 0.423. The lowest BCUT2D eigenvalue weighted by atomic mass is 10.1. The lowest BCUT2D eigenvalue weighted by Gasteiger charge is -2.15. The second kappa shape index (κ2) is 7.37. The highest BCUT2D eigenvalue weighted by Crippen LogP contribution is 2.37. The lowest BCUT2D eigenvalue weighted by molar-refractivity contribution is 0.268. The van der Waals surface area contributed by atoms with Crippen molar-refractivity contribution in [2.24, 2.45) is 0 Å². The predicted octanol–water partition coefficient (Wildman–Crippen LogP) is 5.45. The zero-order chi connectivity index (χ0) is 16.9. The first-order chi connectivity index (χ1) is 11.7. The number of rotatable bonds is 5. The minimum absolute atomic E-state index is 0.423. The molecule has 0 aliphatic carbocycles. The summed E-state index contributed by atoms with van der Waals surface area (Å²) in [6.07, 6.45) is 0. The SMILES string of the molecule is CCOc1cc(C#N)cc(Br)c1OCc1cccc2ccccc12. The average Bonchev–Trinajstić information content (AvgIpc) is 2.61. The molecule has 0 heterocycles. The summed E-state index contributed by atoms with van der Waals surface area (Å²) in [6, 6.07) is 20.0. The van der Waals surface area contributed by atoms with Crippen LogP contribution in [-0.4, -0.2) is 6.61 Å². The molecule has 0 aliphatic rings. The normalized spacial score (nSPS) is 10.4. The van der Waals surface area contributed by atoms with Crippen LogP contribution in [0.1, 0.15) is 18.1 Å². The van der Waals surface area contributed by atoms with Crippen LogP contribution in [0.4, 0.5) is 0 Å². The molecule has 24 heavy (non-hydrogen) atoms. The molecule has 3 aromatic rings. The average molecular weight is 382 g/mol. The number of nitrogens with zero attached hydrogens (tertiary/aromatic N) is 1. The molecule has 0 saturated carbocycles. The Kier molecular flexibility index (Phi) is 5.02. The van der Waals surface area contributed by atoms with Gasteiger partial charge in [0.25, 0.3) is 0 Å². The molecule has 0 atom stereocenters. The second-order valence-corrected chi connectivity index (χ2v) is 6.11. The number of benzene rings is 3. The van der Waals surface area contributed by atoms with Crippen LogP contribution in [0.3, 0.4) is 0 Å². The zero-order valence-electron chi connectivity index (χ0n) is 13.3. The van der Waals surface area contributed by atoms with Gasteiger partial charge in [-0.3, -0.25) is 0 Å². The molecule has 0 bridgehead atoms. The fraction of sp³-hybridized carbons (Fsp3) is 0.150. The number of nitriles is 1. The van der Waals surface area contributed by atoms with Crippen molar-refractivity contribution in [2.75, 3.05) is 6.61 Å². The van der Waals surface area contributed by atoms with Crippen molar-refractivity contribution in [1.82, 2.24) is 0 Å². The van der Waals surface area contributed by atoms with E-state index in [1.807, 2.05) is 25.1 Å². The predicted molar refractivity (Wildman–Crippen MR) is 98.3 cm³/mol. The molecule has 0 spiro atoms. The van der Waals surface area contributed by atoms with Crippen LogP contribution < -0.4 is 9.47 Å². The van der Waals surface area contributed by atoms with Crippen molar-refractivity contribution in [1.29, 1.82) is 5.26 Å². The van der Waals surface area contributed by atoms with Gasteiger partial charge in [-0.05, 0) is 45.3 Å². The summed E-state index contributed by atoms with van der Waals surface area (Å²) in [6.45, 7) is 2.83. The van der Waals surface area contributed by atoms with Crippen LogP contribution >= 0.6 is 15.9 Å². The van der Waals surface area contributed by atoms with Gasteiger partial charge in [-0.2, -0.15) is 5.26 Å². The molecule has 0 aromatic heterocycles. The summed E-state index contributed by atoms with van der Waals surface area (Å²) >= 11 is 3.48. The summed E-state index contributed by atoms with van der Waals surface area (Å²) in [5.74, 6) is 1.19. The Balaban J connectivity index is 1.92. The standard InChI is InChI=1S/C20H16BrNO2/c1-2-23-19-11-14(12-22)10-18(21)20(19)24-13-16-8-5-7-15-6-3-4-9-17(15)16/h3-11H,2,13H2,1H3. The van der Waals surface area contributed by atoms with Crippen molar-refractivity contribution in [3.8, 4) is 17.6 Å². The number of halogens is 1. The second-order valence-electron chi connectivity index (χ2n) is 5.26. The molecule has 0 aliphatic heterocycles. The maximum Gasteiger partial charge on any atom is 0.175 e. The monoisotopic (exact) mass is 381 g/mol. The third-order valence-electron chi connectivity index (χ3n) is 3.69. The van der Waals surface area contributed by atoms with E-state index >= 15 is 0 Å². The Bertz CT molecular complexity index is 910. The summed E-state index contributed by atoms with van der Waals surface area (Å²) in [4.78, 5) is 0. The first kappa shape index (κ1) is 16.4. The summed E-state index contributed by atoms with van der Waals surface area (Å²) in [7, 11) is 0. The maximum atomic E-state index is 9.10. The van der Waals surface area contributed by atoms with Gasteiger partial charge in [0.05, 0.1) is 22.7 Å². The first-order valence-corrected chi connectivity index (χ1v) is 8.48. The van der Waals surface area contributed by atoms with E-state index in [0.717, 1.165) is 5.56 Å². The minimum Gasteiger partial charge on any atom is -0.490 e. The van der Waals surface area contributed by atoms with Crippen molar-refractivity contribution < 1.29 is 9.47 Å². The van der Waals surface area contributed by atoms with Crippen LogP contribution in [0.2, 0.25) is 0 Å². The van der Waals surface area contributed by atoms with Crippen molar-refractivity contribution >= 4 is 26.7 Å². The fourth-order valence-electron chi connectivity index (χ4n) is 2.60.